The maximum Gasteiger partial charge on any atom is 0.224 e. The molecule has 1 fully saturated rings. The Morgan fingerprint density at radius 3 is 2.65 bits per heavy atom. The Balaban J connectivity index is 1.79. The molecule has 0 spiro atoms. The number of likely N-dealkylation sites (tertiary alicyclic amines) is 1. The summed E-state index contributed by atoms with van der Waals surface area (Å²) < 4.78 is 5.48. The van der Waals surface area contributed by atoms with E-state index in [1.807, 2.05) is 18.2 Å². The first kappa shape index (κ1) is 18.7. The molecule has 1 heterocycles. The van der Waals surface area contributed by atoms with Crippen LogP contribution in [0.15, 0.2) is 36.4 Å². The summed E-state index contributed by atoms with van der Waals surface area (Å²) in [7, 11) is 5.15. The molecule has 0 saturated carbocycles. The van der Waals surface area contributed by atoms with Gasteiger partial charge in [0.25, 0.3) is 0 Å². The lowest BCUT2D eigenvalue weighted by molar-refractivity contribution is -0.136. The van der Waals surface area contributed by atoms with E-state index in [0.717, 1.165) is 30.6 Å². The average Bonchev–Trinajstić information content (AvgIpc) is 2.61. The molecule has 1 saturated heterocycles. The minimum Gasteiger partial charge on any atom is -0.496 e. The molecule has 1 amide bonds. The van der Waals surface area contributed by atoms with Gasteiger partial charge in [0, 0.05) is 32.6 Å². The lowest BCUT2D eigenvalue weighted by Gasteiger charge is -2.39. The van der Waals surface area contributed by atoms with Crippen LogP contribution in [-0.2, 0) is 11.3 Å². The van der Waals surface area contributed by atoms with Crippen LogP contribution in [0.2, 0.25) is 0 Å². The molecule has 1 atom stereocenters. The van der Waals surface area contributed by atoms with Crippen molar-refractivity contribution >= 4 is 16.7 Å². The molecule has 0 radical (unpaired) electrons. The van der Waals surface area contributed by atoms with Gasteiger partial charge in [0.05, 0.1) is 19.1 Å². The van der Waals surface area contributed by atoms with Gasteiger partial charge in [-0.25, -0.2) is 0 Å². The molecular formula is C21H28N2O3. The highest BCUT2D eigenvalue weighted by molar-refractivity contribution is 5.91. The molecule has 1 aliphatic rings. The number of hydrogen-bond acceptors (Lipinski definition) is 4. The summed E-state index contributed by atoms with van der Waals surface area (Å²) in [6.45, 7) is 2.20. The van der Waals surface area contributed by atoms with Crippen molar-refractivity contribution in [3.8, 4) is 5.75 Å². The molecular weight excluding hydrogens is 328 g/mol. The van der Waals surface area contributed by atoms with Crippen molar-refractivity contribution < 1.29 is 14.6 Å². The van der Waals surface area contributed by atoms with E-state index in [4.69, 9.17) is 4.74 Å². The Bertz CT molecular complexity index is 790. The van der Waals surface area contributed by atoms with Crippen molar-refractivity contribution in [3.05, 3.63) is 42.0 Å². The molecule has 5 nitrogen and oxygen atoms in total. The lowest BCUT2D eigenvalue weighted by atomic mass is 9.88. The molecule has 2 aromatic carbocycles. The van der Waals surface area contributed by atoms with E-state index in [1.165, 1.54) is 10.9 Å². The van der Waals surface area contributed by atoms with Gasteiger partial charge in [0.15, 0.2) is 0 Å². The van der Waals surface area contributed by atoms with Crippen LogP contribution in [0, 0.1) is 0 Å². The van der Waals surface area contributed by atoms with Crippen molar-refractivity contribution in [2.24, 2.45) is 0 Å². The van der Waals surface area contributed by atoms with Gasteiger partial charge in [-0.15, -0.1) is 0 Å². The third kappa shape index (κ3) is 4.00. The Labute approximate surface area is 155 Å². The van der Waals surface area contributed by atoms with E-state index in [2.05, 4.69) is 23.1 Å². The summed E-state index contributed by atoms with van der Waals surface area (Å²) in [5.74, 6) is 0.848. The number of aliphatic hydroxyl groups is 1. The quantitative estimate of drug-likeness (QED) is 0.895. The van der Waals surface area contributed by atoms with Gasteiger partial charge in [0.1, 0.15) is 5.75 Å². The van der Waals surface area contributed by atoms with Crippen molar-refractivity contribution in [2.45, 2.75) is 31.4 Å². The smallest absolute Gasteiger partial charge is 0.224 e. The fourth-order valence-corrected chi connectivity index (χ4v) is 3.82. The van der Waals surface area contributed by atoms with Crippen LogP contribution in [0.25, 0.3) is 10.8 Å². The number of rotatable bonds is 5. The van der Waals surface area contributed by atoms with Gasteiger partial charge in [-0.2, -0.15) is 0 Å². The topological polar surface area (TPSA) is 53.0 Å². The molecule has 26 heavy (non-hydrogen) atoms. The first-order valence-electron chi connectivity index (χ1n) is 9.11. The van der Waals surface area contributed by atoms with Gasteiger partial charge in [-0.3, -0.25) is 9.69 Å². The summed E-state index contributed by atoms with van der Waals surface area (Å²) in [4.78, 5) is 15.9. The van der Waals surface area contributed by atoms with Gasteiger partial charge in [-0.05, 0) is 36.4 Å². The SMILES string of the molecule is COc1ccc(CN2CCCC(O)(CC(=O)N(C)C)C2)c2ccccc12. The van der Waals surface area contributed by atoms with Crippen LogP contribution in [0.4, 0.5) is 0 Å². The zero-order valence-electron chi connectivity index (χ0n) is 15.9. The first-order valence-corrected chi connectivity index (χ1v) is 9.11. The molecule has 140 valence electrons. The molecule has 1 aliphatic heterocycles. The number of piperidine rings is 1. The summed E-state index contributed by atoms with van der Waals surface area (Å²) in [6, 6.07) is 12.3. The Morgan fingerprint density at radius 2 is 1.96 bits per heavy atom. The second-order valence-corrected chi connectivity index (χ2v) is 7.48. The monoisotopic (exact) mass is 356 g/mol. The maximum absolute atomic E-state index is 12.1. The predicted octanol–water partition coefficient (Wildman–Crippen LogP) is 2.65. The molecule has 0 aromatic heterocycles. The van der Waals surface area contributed by atoms with Crippen molar-refractivity contribution in [1.82, 2.24) is 9.80 Å². The van der Waals surface area contributed by atoms with E-state index in [1.54, 1.807) is 26.1 Å². The normalized spacial score (nSPS) is 20.9. The van der Waals surface area contributed by atoms with Gasteiger partial charge in [0.2, 0.25) is 5.91 Å². The molecule has 2 aromatic rings. The van der Waals surface area contributed by atoms with Crippen LogP contribution in [0.1, 0.15) is 24.8 Å². The number of β-amino-alcohol motifs (C(OH)–C–C–N with tert-alkyl or cyclic N) is 1. The van der Waals surface area contributed by atoms with Crippen LogP contribution >= 0.6 is 0 Å². The average molecular weight is 356 g/mol. The molecule has 0 aliphatic carbocycles. The zero-order valence-corrected chi connectivity index (χ0v) is 15.9. The number of ether oxygens (including phenoxy) is 1. The van der Waals surface area contributed by atoms with Crippen LogP contribution in [-0.4, -0.2) is 60.7 Å². The number of benzene rings is 2. The summed E-state index contributed by atoms with van der Waals surface area (Å²) >= 11 is 0. The van der Waals surface area contributed by atoms with Gasteiger partial charge in [-0.1, -0.05) is 30.3 Å². The van der Waals surface area contributed by atoms with E-state index < -0.39 is 5.60 Å². The Hall–Kier alpha value is -2.11. The van der Waals surface area contributed by atoms with E-state index in [9.17, 15) is 9.90 Å². The van der Waals surface area contributed by atoms with E-state index in [-0.39, 0.29) is 12.3 Å². The highest BCUT2D eigenvalue weighted by Gasteiger charge is 2.35. The van der Waals surface area contributed by atoms with Gasteiger partial charge < -0.3 is 14.7 Å². The van der Waals surface area contributed by atoms with Gasteiger partial charge >= 0.3 is 0 Å². The molecule has 5 heteroatoms. The summed E-state index contributed by atoms with van der Waals surface area (Å²) in [5, 5.41) is 13.2. The predicted molar refractivity (Wildman–Crippen MR) is 103 cm³/mol. The third-order valence-corrected chi connectivity index (χ3v) is 5.20. The highest BCUT2D eigenvalue weighted by Crippen LogP contribution is 2.31. The molecule has 3 rings (SSSR count). The van der Waals surface area contributed by atoms with E-state index >= 15 is 0 Å². The standard InChI is InChI=1S/C21H28N2O3/c1-22(2)20(24)13-21(25)11-6-12-23(15-21)14-16-9-10-19(26-3)18-8-5-4-7-17(16)18/h4-5,7-10,25H,6,11-15H2,1-3H3. The fourth-order valence-electron chi connectivity index (χ4n) is 3.82. The minimum absolute atomic E-state index is 0.0238. The summed E-state index contributed by atoms with van der Waals surface area (Å²) in [5.41, 5.74) is 0.270. The van der Waals surface area contributed by atoms with Crippen LogP contribution < -0.4 is 4.74 Å². The second kappa shape index (κ2) is 7.64. The Kier molecular flexibility index (Phi) is 5.49. The number of carbonyl (C=O) groups excluding carboxylic acids is 1. The largest absolute Gasteiger partial charge is 0.496 e. The highest BCUT2D eigenvalue weighted by atomic mass is 16.5. The molecule has 1 N–H and O–H groups in total. The Morgan fingerprint density at radius 1 is 1.23 bits per heavy atom. The number of fused-ring (bicyclic) bond motifs is 1. The number of amides is 1. The maximum atomic E-state index is 12.1. The number of carbonyl (C=O) groups is 1. The number of nitrogens with zero attached hydrogens (tertiary/aromatic N) is 2. The van der Waals surface area contributed by atoms with E-state index in [0.29, 0.717) is 13.0 Å². The fraction of sp³-hybridized carbons (Fsp3) is 0.476. The van der Waals surface area contributed by atoms with Crippen LogP contribution in [0.3, 0.4) is 0 Å². The van der Waals surface area contributed by atoms with Crippen molar-refractivity contribution in [3.63, 3.8) is 0 Å². The van der Waals surface area contributed by atoms with Crippen molar-refractivity contribution in [1.29, 1.82) is 0 Å². The third-order valence-electron chi connectivity index (χ3n) is 5.20. The van der Waals surface area contributed by atoms with Crippen molar-refractivity contribution in [2.75, 3.05) is 34.3 Å². The second-order valence-electron chi connectivity index (χ2n) is 7.48. The first-order chi connectivity index (χ1) is 12.4. The number of hydrogen-bond donors (Lipinski definition) is 1. The number of methoxy groups -OCH3 is 1. The summed E-state index contributed by atoms with van der Waals surface area (Å²) in [6.07, 6.45) is 1.75. The molecule has 0 bridgehead atoms. The van der Waals surface area contributed by atoms with Crippen LogP contribution in [0.5, 0.6) is 5.75 Å². The molecule has 1 unspecified atom stereocenters. The minimum atomic E-state index is -0.943. The lowest BCUT2D eigenvalue weighted by Crippen LogP contribution is -2.50. The zero-order chi connectivity index (χ0) is 18.7.